The molecule has 0 amide bonds. The summed E-state index contributed by atoms with van der Waals surface area (Å²) in [5, 5.41) is 0. The monoisotopic (exact) mass is 666 g/mol. The SMILES string of the molecule is CCC[CH2][Sn](/[CH]=C/CC(=O)[O][Sn]([CH2]CCC)([CH2]CCC)[CH2]CCC)([CH2]CCC)[CH2]CCC. The van der Waals surface area contributed by atoms with Crippen molar-refractivity contribution in [1.82, 2.24) is 0 Å². The first-order valence-electron chi connectivity index (χ1n) is 14.4. The van der Waals surface area contributed by atoms with Crippen molar-refractivity contribution in [2.45, 2.75) is 152 Å². The third-order valence-corrected chi connectivity index (χ3v) is 34.1. The Kier molecular flexibility index (Phi) is 21.7. The van der Waals surface area contributed by atoms with E-state index >= 15 is 0 Å². The Labute approximate surface area is 211 Å². The number of hydrogen-bond donors (Lipinski definition) is 0. The second kappa shape index (κ2) is 21.1. The molecule has 32 heavy (non-hydrogen) atoms. The van der Waals surface area contributed by atoms with Gasteiger partial charge in [-0.25, -0.2) is 0 Å². The van der Waals surface area contributed by atoms with Gasteiger partial charge in [0, 0.05) is 0 Å². The molecule has 0 aromatic carbocycles. The van der Waals surface area contributed by atoms with Crippen molar-refractivity contribution in [2.75, 3.05) is 0 Å². The van der Waals surface area contributed by atoms with Crippen LogP contribution in [-0.2, 0) is 7.87 Å². The number of carbonyl (C=O) groups excluding carboxylic acids is 1. The van der Waals surface area contributed by atoms with E-state index in [0.29, 0.717) is 6.42 Å². The molecule has 0 aliphatic rings. The second-order valence-electron chi connectivity index (χ2n) is 10.2. The van der Waals surface area contributed by atoms with Gasteiger partial charge < -0.3 is 0 Å². The molecule has 0 unspecified atom stereocenters. The molecule has 0 saturated heterocycles. The molecule has 0 spiro atoms. The molecule has 0 aromatic heterocycles. The predicted octanol–water partition coefficient (Wildman–Crippen LogP) is 10.2. The Bertz CT molecular complexity index is 433. The van der Waals surface area contributed by atoms with Crippen LogP contribution in [0.25, 0.3) is 0 Å². The van der Waals surface area contributed by atoms with Gasteiger partial charge in [0.15, 0.2) is 0 Å². The number of rotatable bonds is 22. The van der Waals surface area contributed by atoms with Crippen LogP contribution in [-0.4, -0.2) is 43.1 Å². The summed E-state index contributed by atoms with van der Waals surface area (Å²) in [4.78, 5) is 13.1. The third-order valence-electron chi connectivity index (χ3n) is 7.13. The van der Waals surface area contributed by atoms with Crippen molar-refractivity contribution in [3.05, 3.63) is 10.2 Å². The minimum atomic E-state index is -2.83. The Balaban J connectivity index is 5.34. The molecule has 0 aliphatic carbocycles. The zero-order valence-corrected chi connectivity index (χ0v) is 28.6. The van der Waals surface area contributed by atoms with Crippen LogP contribution in [0.5, 0.6) is 0 Å². The summed E-state index contributed by atoms with van der Waals surface area (Å²) in [6.07, 6.45) is 18.3. The van der Waals surface area contributed by atoms with Crippen molar-refractivity contribution < 1.29 is 7.87 Å². The Morgan fingerprint density at radius 1 is 0.594 bits per heavy atom. The third kappa shape index (κ3) is 14.9. The van der Waals surface area contributed by atoms with Crippen LogP contribution in [0.1, 0.15) is 125 Å². The molecule has 0 heterocycles. The zero-order chi connectivity index (χ0) is 24.1. The van der Waals surface area contributed by atoms with Gasteiger partial charge in [-0.1, -0.05) is 0 Å². The first kappa shape index (κ1) is 32.8. The minimum absolute atomic E-state index is 0.113. The van der Waals surface area contributed by atoms with Gasteiger partial charge in [0.2, 0.25) is 0 Å². The maximum atomic E-state index is 13.1. The molecule has 0 bridgehead atoms. The van der Waals surface area contributed by atoms with Crippen LogP contribution in [0, 0.1) is 0 Å². The maximum absolute atomic E-state index is 13.1. The van der Waals surface area contributed by atoms with E-state index in [9.17, 15) is 4.79 Å². The van der Waals surface area contributed by atoms with Crippen molar-refractivity contribution in [3.63, 3.8) is 0 Å². The zero-order valence-electron chi connectivity index (χ0n) is 22.9. The molecule has 4 heteroatoms. The van der Waals surface area contributed by atoms with E-state index in [4.69, 9.17) is 3.07 Å². The van der Waals surface area contributed by atoms with Gasteiger partial charge in [-0.3, -0.25) is 0 Å². The van der Waals surface area contributed by atoms with Crippen molar-refractivity contribution in [2.24, 2.45) is 0 Å². The number of unbranched alkanes of at least 4 members (excludes halogenated alkanes) is 6. The number of carbonyl (C=O) groups is 1. The van der Waals surface area contributed by atoms with E-state index in [1.54, 1.807) is 0 Å². The van der Waals surface area contributed by atoms with E-state index in [1.165, 1.54) is 104 Å². The Morgan fingerprint density at radius 3 is 1.28 bits per heavy atom. The van der Waals surface area contributed by atoms with Crippen molar-refractivity contribution >= 4 is 43.1 Å². The summed E-state index contributed by atoms with van der Waals surface area (Å²) in [7, 11) is 0. The van der Waals surface area contributed by atoms with Gasteiger partial charge in [-0.05, 0) is 0 Å². The van der Waals surface area contributed by atoms with Crippen LogP contribution in [0.4, 0.5) is 0 Å². The second-order valence-corrected chi connectivity index (χ2v) is 34.9. The molecule has 0 radical (unpaired) electrons. The van der Waals surface area contributed by atoms with Gasteiger partial charge in [-0.15, -0.1) is 0 Å². The van der Waals surface area contributed by atoms with Gasteiger partial charge in [0.05, 0.1) is 0 Å². The molecule has 0 atom stereocenters. The summed E-state index contributed by atoms with van der Waals surface area (Å²) in [6, 6.07) is 0. The number of hydrogen-bond acceptors (Lipinski definition) is 2. The van der Waals surface area contributed by atoms with E-state index < -0.39 is 37.2 Å². The van der Waals surface area contributed by atoms with Crippen LogP contribution in [0.15, 0.2) is 10.2 Å². The topological polar surface area (TPSA) is 26.3 Å². The van der Waals surface area contributed by atoms with Gasteiger partial charge in [-0.2, -0.15) is 0 Å². The molecule has 0 rings (SSSR count). The summed E-state index contributed by atoms with van der Waals surface area (Å²) in [5.74, 6) is 0.113. The molecular weight excluding hydrogens is 606 g/mol. The van der Waals surface area contributed by atoms with Crippen LogP contribution in [0.3, 0.4) is 0 Å². The molecule has 190 valence electrons. The average Bonchev–Trinajstić information content (AvgIpc) is 2.80. The average molecular weight is 664 g/mol. The van der Waals surface area contributed by atoms with E-state index in [-0.39, 0.29) is 5.97 Å². The van der Waals surface area contributed by atoms with Gasteiger partial charge in [0.1, 0.15) is 0 Å². The standard InChI is InChI=1S/C4H5O2.6C4H9.2Sn/c1-2-3-4(5)6;6*1-3-4-2;;/h1-2H,3H2,(H,5,6);6*1,3-4H2,2H3;;/q;;;;;;;;+1/p-1. The Morgan fingerprint density at radius 2 is 0.938 bits per heavy atom. The molecule has 0 aromatic rings. The van der Waals surface area contributed by atoms with E-state index in [2.05, 4.69) is 51.7 Å². The molecule has 2 nitrogen and oxygen atoms in total. The van der Waals surface area contributed by atoms with Crippen LogP contribution in [0.2, 0.25) is 26.6 Å². The quantitative estimate of drug-likeness (QED) is 0.108. The molecular formula is C28H58O2Sn2. The summed E-state index contributed by atoms with van der Waals surface area (Å²) in [6.45, 7) is 13.8. The Hall–Kier alpha value is 0.807. The molecule has 0 aliphatic heterocycles. The van der Waals surface area contributed by atoms with Crippen molar-refractivity contribution in [3.8, 4) is 0 Å². The van der Waals surface area contributed by atoms with Crippen LogP contribution < -0.4 is 0 Å². The molecule has 0 N–H and O–H groups in total. The van der Waals surface area contributed by atoms with E-state index in [0.717, 1.165) is 0 Å². The van der Waals surface area contributed by atoms with Gasteiger partial charge >= 0.3 is 213 Å². The fourth-order valence-electron chi connectivity index (χ4n) is 4.92. The summed E-state index contributed by atoms with van der Waals surface area (Å²) in [5.41, 5.74) is 0. The normalized spacial score (nSPS) is 12.6. The van der Waals surface area contributed by atoms with Crippen LogP contribution >= 0.6 is 0 Å². The first-order valence-corrected chi connectivity index (χ1v) is 29.3. The fourth-order valence-corrected chi connectivity index (χ4v) is 32.5. The predicted molar refractivity (Wildman–Crippen MR) is 150 cm³/mol. The van der Waals surface area contributed by atoms with E-state index in [1.807, 2.05) is 0 Å². The molecule has 0 fully saturated rings. The van der Waals surface area contributed by atoms with Gasteiger partial charge in [0.25, 0.3) is 0 Å². The summed E-state index contributed by atoms with van der Waals surface area (Å²) >= 11 is -5.12. The van der Waals surface area contributed by atoms with Crippen molar-refractivity contribution in [1.29, 1.82) is 0 Å². The summed E-state index contributed by atoms with van der Waals surface area (Å²) < 4.78 is 17.4. The molecule has 0 saturated carbocycles. The first-order chi connectivity index (χ1) is 15.5. The fraction of sp³-hybridized carbons (Fsp3) is 0.893.